The predicted molar refractivity (Wildman–Crippen MR) is 110 cm³/mol. The Bertz CT molecular complexity index is 1080. The molecule has 0 saturated carbocycles. The highest BCUT2D eigenvalue weighted by Gasteiger charge is 2.30. The Morgan fingerprint density at radius 1 is 1.32 bits per heavy atom. The number of nitrogens with one attached hydrogen (secondary N) is 1. The van der Waals surface area contributed by atoms with Gasteiger partial charge in [-0.05, 0) is 31.1 Å². The molecule has 28 heavy (non-hydrogen) atoms. The van der Waals surface area contributed by atoms with Crippen molar-refractivity contribution >= 4 is 29.7 Å². The number of rotatable bonds is 3. The van der Waals surface area contributed by atoms with Crippen molar-refractivity contribution in [3.8, 4) is 11.3 Å². The van der Waals surface area contributed by atoms with Gasteiger partial charge in [-0.2, -0.15) is 10.2 Å². The van der Waals surface area contributed by atoms with Crippen molar-refractivity contribution < 1.29 is 4.79 Å². The number of carbonyl (C=O) groups excluding carboxylic acids is 1. The van der Waals surface area contributed by atoms with Crippen LogP contribution in [-0.4, -0.2) is 48.4 Å². The van der Waals surface area contributed by atoms with Crippen molar-refractivity contribution in [2.45, 2.75) is 18.8 Å². The average molecular weight is 417 g/mol. The molecular formula is C19H21ClN6OS. The number of nitrogens with zero attached hydrogens (tertiary/aromatic N) is 5. The minimum Gasteiger partial charge on any atom is -0.338 e. The second kappa shape index (κ2) is 7.52. The van der Waals surface area contributed by atoms with E-state index in [1.54, 1.807) is 16.9 Å². The lowest BCUT2D eigenvalue weighted by molar-refractivity contribution is 0.0704. The Hall–Kier alpha value is -2.45. The van der Waals surface area contributed by atoms with Crippen molar-refractivity contribution in [3.05, 3.63) is 51.6 Å². The lowest BCUT2D eigenvalue weighted by Gasteiger charge is -2.32. The molecular weight excluding hydrogens is 396 g/mol. The van der Waals surface area contributed by atoms with E-state index in [-0.39, 0.29) is 11.8 Å². The summed E-state index contributed by atoms with van der Waals surface area (Å²) in [6.45, 7) is 1.31. The molecule has 1 fully saturated rings. The maximum Gasteiger partial charge on any atom is 0.257 e. The second-order valence-electron chi connectivity index (χ2n) is 7.08. The normalized spacial score (nSPS) is 17.1. The number of benzene rings is 1. The summed E-state index contributed by atoms with van der Waals surface area (Å²) in [6, 6.07) is 7.45. The molecule has 1 saturated heterocycles. The highest BCUT2D eigenvalue weighted by atomic mass is 35.5. The van der Waals surface area contributed by atoms with Gasteiger partial charge in [0.1, 0.15) is 11.5 Å². The lowest BCUT2D eigenvalue weighted by Crippen LogP contribution is -2.39. The molecule has 3 aromatic rings. The highest BCUT2D eigenvalue weighted by molar-refractivity contribution is 7.71. The lowest BCUT2D eigenvalue weighted by atomic mass is 9.96. The van der Waals surface area contributed by atoms with Crippen molar-refractivity contribution in [1.82, 2.24) is 29.4 Å². The molecule has 1 aliphatic rings. The molecule has 7 nitrogen and oxygen atoms in total. The highest BCUT2D eigenvalue weighted by Crippen LogP contribution is 2.31. The summed E-state index contributed by atoms with van der Waals surface area (Å²) in [7, 11) is 3.71. The molecule has 1 aliphatic heterocycles. The number of amides is 1. The van der Waals surface area contributed by atoms with Crippen LogP contribution in [0.4, 0.5) is 0 Å². The summed E-state index contributed by atoms with van der Waals surface area (Å²) >= 11 is 11.6. The molecule has 146 valence electrons. The van der Waals surface area contributed by atoms with Crippen molar-refractivity contribution in [2.24, 2.45) is 14.1 Å². The van der Waals surface area contributed by atoms with E-state index in [0.717, 1.165) is 24.2 Å². The third-order valence-electron chi connectivity index (χ3n) is 5.18. The number of likely N-dealkylation sites (tertiary alicyclic amines) is 1. The van der Waals surface area contributed by atoms with Crippen LogP contribution in [0.5, 0.6) is 0 Å². The van der Waals surface area contributed by atoms with Crippen LogP contribution in [0.2, 0.25) is 5.02 Å². The minimum atomic E-state index is -0.0375. The Morgan fingerprint density at radius 2 is 2.11 bits per heavy atom. The fourth-order valence-electron chi connectivity index (χ4n) is 3.76. The van der Waals surface area contributed by atoms with Crippen LogP contribution in [-0.2, 0) is 14.1 Å². The van der Waals surface area contributed by atoms with Gasteiger partial charge in [0, 0.05) is 44.9 Å². The van der Waals surface area contributed by atoms with Gasteiger partial charge in [0.15, 0.2) is 4.77 Å². The van der Waals surface area contributed by atoms with Gasteiger partial charge < -0.3 is 9.47 Å². The first-order chi connectivity index (χ1) is 13.5. The van der Waals surface area contributed by atoms with Crippen molar-refractivity contribution in [1.29, 1.82) is 0 Å². The zero-order chi connectivity index (χ0) is 19.8. The number of piperidine rings is 1. The van der Waals surface area contributed by atoms with Gasteiger partial charge >= 0.3 is 0 Å². The fraction of sp³-hybridized carbons (Fsp3) is 0.368. The number of aryl methyl sites for hydroxylation is 1. The molecule has 1 amide bonds. The zero-order valence-corrected chi connectivity index (χ0v) is 17.3. The third kappa shape index (κ3) is 3.38. The van der Waals surface area contributed by atoms with Crippen LogP contribution < -0.4 is 0 Å². The van der Waals surface area contributed by atoms with E-state index in [0.29, 0.717) is 34.1 Å². The number of aromatic amines is 1. The fourth-order valence-corrected chi connectivity index (χ4v) is 4.13. The van der Waals surface area contributed by atoms with Crippen LogP contribution in [0, 0.1) is 4.77 Å². The van der Waals surface area contributed by atoms with Gasteiger partial charge in [0.25, 0.3) is 5.91 Å². The molecule has 1 atom stereocenters. The molecule has 0 aliphatic carbocycles. The van der Waals surface area contributed by atoms with Crippen molar-refractivity contribution in [2.75, 3.05) is 13.1 Å². The largest absolute Gasteiger partial charge is 0.338 e. The maximum absolute atomic E-state index is 13.4. The van der Waals surface area contributed by atoms with Crippen LogP contribution >= 0.6 is 23.8 Å². The number of aromatic nitrogens is 5. The monoisotopic (exact) mass is 416 g/mol. The molecule has 1 N–H and O–H groups in total. The second-order valence-corrected chi connectivity index (χ2v) is 7.88. The number of halogens is 1. The van der Waals surface area contributed by atoms with Crippen LogP contribution in [0.25, 0.3) is 11.3 Å². The van der Waals surface area contributed by atoms with E-state index in [2.05, 4.69) is 15.3 Å². The molecule has 9 heteroatoms. The third-order valence-corrected chi connectivity index (χ3v) is 5.87. The van der Waals surface area contributed by atoms with Gasteiger partial charge in [0.05, 0.1) is 10.6 Å². The Labute approximate surface area is 172 Å². The van der Waals surface area contributed by atoms with E-state index >= 15 is 0 Å². The minimum absolute atomic E-state index is 0.0375. The summed E-state index contributed by atoms with van der Waals surface area (Å²) in [4.78, 5) is 15.2. The van der Waals surface area contributed by atoms with Gasteiger partial charge in [0.2, 0.25) is 0 Å². The Morgan fingerprint density at radius 3 is 2.82 bits per heavy atom. The summed E-state index contributed by atoms with van der Waals surface area (Å²) in [5.74, 6) is 1.00. The molecule has 3 heterocycles. The summed E-state index contributed by atoms with van der Waals surface area (Å²) in [5.41, 5.74) is 1.93. The van der Waals surface area contributed by atoms with Crippen LogP contribution in [0.3, 0.4) is 0 Å². The molecule has 0 radical (unpaired) electrons. The summed E-state index contributed by atoms with van der Waals surface area (Å²) in [5, 5.41) is 12.3. The average Bonchev–Trinajstić information content (AvgIpc) is 3.24. The maximum atomic E-state index is 13.4. The zero-order valence-electron chi connectivity index (χ0n) is 15.7. The Balaban J connectivity index is 1.64. The van der Waals surface area contributed by atoms with E-state index in [1.165, 1.54) is 0 Å². The first-order valence-corrected chi connectivity index (χ1v) is 9.93. The van der Waals surface area contributed by atoms with Crippen molar-refractivity contribution in [3.63, 3.8) is 0 Å². The van der Waals surface area contributed by atoms with Crippen LogP contribution in [0.15, 0.2) is 30.5 Å². The van der Waals surface area contributed by atoms with E-state index in [4.69, 9.17) is 23.8 Å². The van der Waals surface area contributed by atoms with E-state index < -0.39 is 0 Å². The molecule has 1 unspecified atom stereocenters. The van der Waals surface area contributed by atoms with E-state index in [9.17, 15) is 4.79 Å². The Kier molecular flexibility index (Phi) is 5.07. The number of H-pyrrole nitrogens is 1. The number of hydrogen-bond acceptors (Lipinski definition) is 4. The quantitative estimate of drug-likeness (QED) is 0.663. The van der Waals surface area contributed by atoms with Crippen LogP contribution in [0.1, 0.15) is 34.9 Å². The summed E-state index contributed by atoms with van der Waals surface area (Å²) in [6.07, 6.45) is 3.65. The first kappa shape index (κ1) is 18.9. The molecule has 1 aromatic carbocycles. The SMILES string of the molecule is Cn1cc(C(=O)N2CCCC(c3n[nH]c(=S)n3C)C2)c(-c2ccccc2Cl)n1. The van der Waals surface area contributed by atoms with E-state index in [1.807, 2.05) is 41.8 Å². The first-order valence-electron chi connectivity index (χ1n) is 9.15. The van der Waals surface area contributed by atoms with Gasteiger partial charge in [-0.15, -0.1) is 0 Å². The predicted octanol–water partition coefficient (Wildman–Crippen LogP) is 3.55. The number of hydrogen-bond donors (Lipinski definition) is 1. The number of carbonyl (C=O) groups is 1. The smallest absolute Gasteiger partial charge is 0.257 e. The van der Waals surface area contributed by atoms with Gasteiger partial charge in [-0.3, -0.25) is 14.6 Å². The molecule has 4 rings (SSSR count). The van der Waals surface area contributed by atoms with Gasteiger partial charge in [-0.1, -0.05) is 29.8 Å². The molecule has 0 spiro atoms. The molecule has 0 bridgehead atoms. The van der Waals surface area contributed by atoms with Gasteiger partial charge in [-0.25, -0.2) is 0 Å². The summed E-state index contributed by atoms with van der Waals surface area (Å²) < 4.78 is 4.13. The standard InChI is InChI=1S/C19H21ClN6OS/c1-24-11-14(16(23-24)13-7-3-4-8-15(13)20)18(27)26-9-5-6-12(10-26)17-21-22-19(28)25(17)2/h3-4,7-8,11-12H,5-6,9-10H2,1-2H3,(H,22,28). The molecule has 2 aromatic heterocycles. The topological polar surface area (TPSA) is 71.7 Å².